The molecule has 168 valence electrons. The quantitative estimate of drug-likeness (QED) is 0.475. The van der Waals surface area contributed by atoms with Crippen LogP contribution in [0.4, 0.5) is 4.39 Å². The number of fused-ring (bicyclic) bond motifs is 1. The predicted octanol–water partition coefficient (Wildman–Crippen LogP) is 4.55. The van der Waals surface area contributed by atoms with Crippen molar-refractivity contribution in [3.05, 3.63) is 83.9 Å². The summed E-state index contributed by atoms with van der Waals surface area (Å²) in [5.41, 5.74) is 3.92. The van der Waals surface area contributed by atoms with Gasteiger partial charge in [0.05, 0.1) is 5.52 Å². The number of nitrogens with one attached hydrogen (secondary N) is 2. The monoisotopic (exact) mass is 443 g/mol. The van der Waals surface area contributed by atoms with Crippen LogP contribution in [0.1, 0.15) is 35.2 Å². The summed E-state index contributed by atoms with van der Waals surface area (Å²) in [6.45, 7) is 2.16. The van der Waals surface area contributed by atoms with Crippen LogP contribution in [0.5, 0.6) is 0 Å². The van der Waals surface area contributed by atoms with Crippen molar-refractivity contribution in [3.8, 4) is 11.3 Å². The first-order chi connectivity index (χ1) is 16.2. The number of benzene rings is 2. The second kappa shape index (κ2) is 9.50. The summed E-state index contributed by atoms with van der Waals surface area (Å²) in [7, 11) is 0. The largest absolute Gasteiger partial charge is 0.348 e. The highest BCUT2D eigenvalue weighted by molar-refractivity contribution is 6.01. The van der Waals surface area contributed by atoms with E-state index in [1.165, 1.54) is 6.07 Å². The topological polar surface area (TPSA) is 73.9 Å². The number of carbonyl (C=O) groups excluding carboxylic acids is 1. The van der Waals surface area contributed by atoms with Crippen molar-refractivity contribution in [2.24, 2.45) is 0 Å². The van der Waals surface area contributed by atoms with E-state index in [0.29, 0.717) is 24.2 Å². The molecule has 1 aliphatic heterocycles. The number of nitrogens with zero attached hydrogens (tertiary/aromatic N) is 3. The number of amides is 1. The molecule has 3 heterocycles. The van der Waals surface area contributed by atoms with Crippen LogP contribution in [-0.4, -0.2) is 45.1 Å². The Bertz CT molecular complexity index is 1260. The minimum Gasteiger partial charge on any atom is -0.348 e. The molecule has 33 heavy (non-hydrogen) atoms. The first-order valence-electron chi connectivity index (χ1n) is 11.3. The molecule has 1 unspecified atom stereocenters. The Kier molecular flexibility index (Phi) is 6.13. The number of aromatic amines is 1. The molecule has 2 aromatic carbocycles. The standard InChI is InChI=1S/C26H26FN5O/c27-23-7-2-1-5-20(23)16-32-14-4-3-6-21(17-32)29-26(33)19-8-9-24-22(15-19)25(31-30-24)18-10-12-28-13-11-18/h1-2,5,7-13,15,21H,3-4,6,14,16-17H2,(H,29,33)(H,30,31). The fourth-order valence-corrected chi connectivity index (χ4v) is 4.50. The third kappa shape index (κ3) is 4.78. The summed E-state index contributed by atoms with van der Waals surface area (Å²) in [5.74, 6) is -0.280. The zero-order chi connectivity index (χ0) is 22.6. The molecular formula is C26H26FN5O. The number of rotatable bonds is 5. The zero-order valence-corrected chi connectivity index (χ0v) is 18.3. The SMILES string of the molecule is O=C(NC1CCCCN(Cc2ccccc2F)C1)c1ccc2[nH]nc(-c3ccncc3)c2c1. The highest BCUT2D eigenvalue weighted by Crippen LogP contribution is 2.26. The summed E-state index contributed by atoms with van der Waals surface area (Å²) in [5, 5.41) is 11.6. The molecule has 1 saturated heterocycles. The summed E-state index contributed by atoms with van der Waals surface area (Å²) in [4.78, 5) is 19.4. The molecular weight excluding hydrogens is 417 g/mol. The van der Waals surface area contributed by atoms with Gasteiger partial charge in [-0.25, -0.2) is 4.39 Å². The number of H-pyrrole nitrogens is 1. The molecule has 2 N–H and O–H groups in total. The van der Waals surface area contributed by atoms with E-state index in [0.717, 1.165) is 48.0 Å². The number of likely N-dealkylation sites (tertiary alicyclic amines) is 1. The Balaban J connectivity index is 1.31. The molecule has 0 radical (unpaired) electrons. The van der Waals surface area contributed by atoms with Crippen LogP contribution >= 0.6 is 0 Å². The molecule has 0 aliphatic carbocycles. The van der Waals surface area contributed by atoms with Crippen molar-refractivity contribution in [3.63, 3.8) is 0 Å². The van der Waals surface area contributed by atoms with Crippen LogP contribution in [0.2, 0.25) is 0 Å². The average Bonchev–Trinajstić information content (AvgIpc) is 3.14. The van der Waals surface area contributed by atoms with Crippen molar-refractivity contribution < 1.29 is 9.18 Å². The van der Waals surface area contributed by atoms with Gasteiger partial charge in [-0.1, -0.05) is 24.6 Å². The van der Waals surface area contributed by atoms with E-state index in [2.05, 4.69) is 25.4 Å². The molecule has 2 aromatic heterocycles. The Morgan fingerprint density at radius 1 is 1.12 bits per heavy atom. The minimum absolute atomic E-state index is 0.0199. The molecule has 0 spiro atoms. The Morgan fingerprint density at radius 2 is 1.97 bits per heavy atom. The first-order valence-corrected chi connectivity index (χ1v) is 11.3. The maximum atomic E-state index is 14.1. The molecule has 1 fully saturated rings. The number of aromatic nitrogens is 3. The van der Waals surface area contributed by atoms with Crippen molar-refractivity contribution in [2.75, 3.05) is 13.1 Å². The van der Waals surface area contributed by atoms with Gasteiger partial charge in [-0.05, 0) is 55.8 Å². The predicted molar refractivity (Wildman–Crippen MR) is 126 cm³/mol. The summed E-state index contributed by atoms with van der Waals surface area (Å²) >= 11 is 0. The van der Waals surface area contributed by atoms with Gasteiger partial charge in [0, 0.05) is 53.6 Å². The van der Waals surface area contributed by atoms with Gasteiger partial charge in [0.1, 0.15) is 11.5 Å². The van der Waals surface area contributed by atoms with Gasteiger partial charge >= 0.3 is 0 Å². The molecule has 6 nitrogen and oxygen atoms in total. The number of halogens is 1. The van der Waals surface area contributed by atoms with Crippen LogP contribution in [0.15, 0.2) is 67.0 Å². The zero-order valence-electron chi connectivity index (χ0n) is 18.3. The highest BCUT2D eigenvalue weighted by Gasteiger charge is 2.22. The summed E-state index contributed by atoms with van der Waals surface area (Å²) in [6, 6.07) is 16.3. The smallest absolute Gasteiger partial charge is 0.251 e. The maximum absolute atomic E-state index is 14.1. The van der Waals surface area contributed by atoms with Crippen molar-refractivity contribution in [1.82, 2.24) is 25.4 Å². The lowest BCUT2D eigenvalue weighted by Crippen LogP contribution is -2.42. The molecule has 1 atom stereocenters. The Hall–Kier alpha value is -3.58. The lowest BCUT2D eigenvalue weighted by Gasteiger charge is -2.25. The molecule has 4 aromatic rings. The van der Waals surface area contributed by atoms with Gasteiger partial charge in [-0.3, -0.25) is 19.8 Å². The van der Waals surface area contributed by atoms with E-state index in [4.69, 9.17) is 0 Å². The second-order valence-electron chi connectivity index (χ2n) is 8.56. The van der Waals surface area contributed by atoms with Crippen LogP contribution in [0.3, 0.4) is 0 Å². The normalized spacial score (nSPS) is 17.1. The molecule has 5 rings (SSSR count). The van der Waals surface area contributed by atoms with Gasteiger partial charge in [0.15, 0.2) is 0 Å². The van der Waals surface area contributed by atoms with Crippen LogP contribution in [-0.2, 0) is 6.54 Å². The maximum Gasteiger partial charge on any atom is 0.251 e. The Morgan fingerprint density at radius 3 is 2.82 bits per heavy atom. The Labute approximate surface area is 191 Å². The molecule has 1 amide bonds. The summed E-state index contributed by atoms with van der Waals surface area (Å²) < 4.78 is 14.1. The fraction of sp³-hybridized carbons (Fsp3) is 0.269. The lowest BCUT2D eigenvalue weighted by atomic mass is 10.1. The fourth-order valence-electron chi connectivity index (χ4n) is 4.50. The number of carbonyl (C=O) groups is 1. The van der Waals surface area contributed by atoms with E-state index < -0.39 is 0 Å². The van der Waals surface area contributed by atoms with E-state index >= 15 is 0 Å². The van der Waals surface area contributed by atoms with Crippen molar-refractivity contribution in [1.29, 1.82) is 0 Å². The van der Waals surface area contributed by atoms with Gasteiger partial charge in [0.25, 0.3) is 5.91 Å². The van der Waals surface area contributed by atoms with Crippen molar-refractivity contribution >= 4 is 16.8 Å². The van der Waals surface area contributed by atoms with Crippen LogP contribution in [0, 0.1) is 5.82 Å². The third-order valence-corrected chi connectivity index (χ3v) is 6.22. The summed E-state index contributed by atoms with van der Waals surface area (Å²) in [6.07, 6.45) is 6.44. The van der Waals surface area contributed by atoms with Gasteiger partial charge in [-0.15, -0.1) is 0 Å². The second-order valence-corrected chi connectivity index (χ2v) is 8.56. The third-order valence-electron chi connectivity index (χ3n) is 6.22. The van der Waals surface area contributed by atoms with Gasteiger partial charge in [0.2, 0.25) is 0 Å². The minimum atomic E-state index is -0.180. The van der Waals surface area contributed by atoms with Crippen molar-refractivity contribution in [2.45, 2.75) is 31.8 Å². The number of hydrogen-bond acceptors (Lipinski definition) is 4. The average molecular weight is 444 g/mol. The first kappa shape index (κ1) is 21.3. The van der Waals surface area contributed by atoms with Gasteiger partial charge < -0.3 is 5.32 Å². The van der Waals surface area contributed by atoms with E-state index in [9.17, 15) is 9.18 Å². The number of pyridine rings is 1. The van der Waals surface area contributed by atoms with E-state index in [-0.39, 0.29) is 17.8 Å². The lowest BCUT2D eigenvalue weighted by molar-refractivity contribution is 0.0925. The van der Waals surface area contributed by atoms with Crippen LogP contribution < -0.4 is 5.32 Å². The molecule has 0 bridgehead atoms. The molecule has 1 aliphatic rings. The number of hydrogen-bond donors (Lipinski definition) is 2. The molecule has 0 saturated carbocycles. The highest BCUT2D eigenvalue weighted by atomic mass is 19.1. The van der Waals surface area contributed by atoms with Gasteiger partial charge in [-0.2, -0.15) is 5.10 Å². The van der Waals surface area contributed by atoms with E-state index in [1.54, 1.807) is 18.5 Å². The van der Waals surface area contributed by atoms with E-state index in [1.807, 2.05) is 42.5 Å². The van der Waals surface area contributed by atoms with Crippen LogP contribution in [0.25, 0.3) is 22.2 Å². The molecule has 7 heteroatoms.